The second kappa shape index (κ2) is 6.72. The number of anilines is 1. The average Bonchev–Trinajstić information content (AvgIpc) is 3.19. The van der Waals surface area contributed by atoms with E-state index in [-0.39, 0.29) is 12.5 Å². The number of hydrogen-bond acceptors (Lipinski definition) is 2. The van der Waals surface area contributed by atoms with Crippen molar-refractivity contribution in [1.82, 2.24) is 14.1 Å². The maximum atomic E-state index is 14.5. The fourth-order valence-electron chi connectivity index (χ4n) is 3.31. The highest BCUT2D eigenvalue weighted by atomic mass is 19.1. The molecule has 136 valence electrons. The van der Waals surface area contributed by atoms with Gasteiger partial charge in [0.25, 0.3) is 0 Å². The van der Waals surface area contributed by atoms with Gasteiger partial charge in [0.15, 0.2) is 0 Å². The van der Waals surface area contributed by atoms with Gasteiger partial charge in [0.1, 0.15) is 18.2 Å². The lowest BCUT2D eigenvalue weighted by Gasteiger charge is -2.11. The van der Waals surface area contributed by atoms with E-state index in [4.69, 9.17) is 0 Å². The lowest BCUT2D eigenvalue weighted by atomic mass is 10.2. The summed E-state index contributed by atoms with van der Waals surface area (Å²) in [5.41, 5.74) is 2.83. The minimum Gasteiger partial charge on any atom is -0.335 e. The van der Waals surface area contributed by atoms with Crippen molar-refractivity contribution in [1.29, 1.82) is 0 Å². The number of imidazole rings is 1. The molecule has 0 aliphatic carbocycles. The normalized spacial score (nSPS) is 11.1. The van der Waals surface area contributed by atoms with E-state index in [1.807, 2.05) is 41.8 Å². The molecule has 1 amide bonds. The topological polar surface area (TPSA) is 51.9 Å². The third kappa shape index (κ3) is 3.21. The molecule has 0 aliphatic rings. The molecule has 0 spiro atoms. The summed E-state index contributed by atoms with van der Waals surface area (Å²) in [6.45, 7) is 3.94. The van der Waals surface area contributed by atoms with E-state index in [1.165, 1.54) is 6.07 Å². The highest BCUT2D eigenvalue weighted by molar-refractivity contribution is 5.92. The summed E-state index contributed by atoms with van der Waals surface area (Å²) in [5.74, 6) is 0.0718. The third-order valence-corrected chi connectivity index (χ3v) is 4.64. The van der Waals surface area contributed by atoms with E-state index in [9.17, 15) is 9.18 Å². The Labute approximate surface area is 156 Å². The maximum Gasteiger partial charge on any atom is 0.244 e. The van der Waals surface area contributed by atoms with Crippen molar-refractivity contribution in [3.63, 3.8) is 0 Å². The molecule has 2 aromatic carbocycles. The Hall–Kier alpha value is -3.41. The Morgan fingerprint density at radius 3 is 2.70 bits per heavy atom. The number of aromatic nitrogens is 3. The van der Waals surface area contributed by atoms with Crippen LogP contribution in [-0.4, -0.2) is 20.0 Å². The van der Waals surface area contributed by atoms with Crippen LogP contribution in [0, 0.1) is 19.7 Å². The first-order valence-electron chi connectivity index (χ1n) is 8.67. The van der Waals surface area contributed by atoms with Crippen molar-refractivity contribution in [3.8, 4) is 5.69 Å². The molecule has 0 unspecified atom stereocenters. The number of hydrogen-bond donors (Lipinski definition) is 1. The number of nitrogens with zero attached hydrogens (tertiary/aromatic N) is 3. The molecule has 0 saturated carbocycles. The van der Waals surface area contributed by atoms with E-state index >= 15 is 0 Å². The van der Waals surface area contributed by atoms with Gasteiger partial charge >= 0.3 is 0 Å². The summed E-state index contributed by atoms with van der Waals surface area (Å²) in [6.07, 6.45) is 3.32. The molecular weight excluding hydrogens is 343 g/mol. The molecule has 27 heavy (non-hydrogen) atoms. The molecule has 6 heteroatoms. The van der Waals surface area contributed by atoms with Crippen LogP contribution in [0.15, 0.2) is 60.9 Å². The summed E-state index contributed by atoms with van der Waals surface area (Å²) < 4.78 is 18.1. The first-order valence-corrected chi connectivity index (χ1v) is 8.67. The van der Waals surface area contributed by atoms with Gasteiger partial charge in [-0.2, -0.15) is 0 Å². The zero-order chi connectivity index (χ0) is 19.0. The molecular formula is C21H19FN4O. The molecule has 2 heterocycles. The van der Waals surface area contributed by atoms with Gasteiger partial charge < -0.3 is 14.5 Å². The van der Waals surface area contributed by atoms with Crippen molar-refractivity contribution in [2.45, 2.75) is 20.4 Å². The zero-order valence-electron chi connectivity index (χ0n) is 15.1. The van der Waals surface area contributed by atoms with Crippen molar-refractivity contribution in [2.75, 3.05) is 5.32 Å². The number of aryl methyl sites for hydroxylation is 2. The maximum absolute atomic E-state index is 14.5. The van der Waals surface area contributed by atoms with Gasteiger partial charge in [-0.05, 0) is 49.6 Å². The molecule has 1 N–H and O–H groups in total. The highest BCUT2D eigenvalue weighted by Gasteiger charge is 2.12. The Bertz CT molecular complexity index is 1140. The largest absolute Gasteiger partial charge is 0.335 e. The Morgan fingerprint density at radius 2 is 1.96 bits per heavy atom. The molecule has 0 atom stereocenters. The lowest BCUT2D eigenvalue weighted by molar-refractivity contribution is -0.116. The molecule has 0 bridgehead atoms. The molecule has 2 aromatic heterocycles. The number of rotatable bonds is 4. The molecule has 5 nitrogen and oxygen atoms in total. The van der Waals surface area contributed by atoms with Crippen LogP contribution >= 0.6 is 0 Å². The predicted octanol–water partition coefficient (Wildman–Crippen LogP) is 4.22. The molecule has 4 aromatic rings. The van der Waals surface area contributed by atoms with Gasteiger partial charge in [0.2, 0.25) is 5.91 Å². The van der Waals surface area contributed by atoms with E-state index in [2.05, 4.69) is 10.3 Å². The number of halogens is 1. The highest BCUT2D eigenvalue weighted by Crippen LogP contribution is 2.21. The van der Waals surface area contributed by atoms with Gasteiger partial charge in [0.05, 0.1) is 5.69 Å². The van der Waals surface area contributed by atoms with Crippen LogP contribution in [0.4, 0.5) is 10.1 Å². The van der Waals surface area contributed by atoms with Gasteiger partial charge in [-0.25, -0.2) is 9.37 Å². The van der Waals surface area contributed by atoms with Gasteiger partial charge in [-0.3, -0.25) is 4.79 Å². The van der Waals surface area contributed by atoms with Crippen molar-refractivity contribution in [3.05, 3.63) is 78.3 Å². The van der Waals surface area contributed by atoms with E-state index in [0.29, 0.717) is 17.2 Å². The van der Waals surface area contributed by atoms with Gasteiger partial charge in [-0.1, -0.05) is 18.2 Å². The standard InChI is InChI=1S/C21H19FN4O/c1-14-11-16-5-3-4-6-19(16)26(14)13-21(27)24-17-7-8-20(18(22)12-17)25-10-9-23-15(25)2/h3-12H,13H2,1-2H3,(H,24,27). The van der Waals surface area contributed by atoms with Crippen LogP contribution in [-0.2, 0) is 11.3 Å². The second-order valence-corrected chi connectivity index (χ2v) is 6.49. The van der Waals surface area contributed by atoms with E-state index in [1.54, 1.807) is 36.0 Å². The van der Waals surface area contributed by atoms with Crippen LogP contribution in [0.1, 0.15) is 11.5 Å². The predicted molar refractivity (Wildman–Crippen MR) is 104 cm³/mol. The minimum atomic E-state index is -0.420. The Morgan fingerprint density at radius 1 is 1.15 bits per heavy atom. The van der Waals surface area contributed by atoms with Crippen molar-refractivity contribution < 1.29 is 9.18 Å². The Kier molecular flexibility index (Phi) is 4.24. The second-order valence-electron chi connectivity index (χ2n) is 6.49. The smallest absolute Gasteiger partial charge is 0.244 e. The molecule has 4 rings (SSSR count). The van der Waals surface area contributed by atoms with E-state index in [0.717, 1.165) is 16.6 Å². The number of amides is 1. The van der Waals surface area contributed by atoms with Crippen LogP contribution in [0.25, 0.3) is 16.6 Å². The molecule has 0 fully saturated rings. The number of nitrogens with one attached hydrogen (secondary N) is 1. The van der Waals surface area contributed by atoms with Crippen molar-refractivity contribution >= 4 is 22.5 Å². The summed E-state index contributed by atoms with van der Waals surface area (Å²) in [7, 11) is 0. The first-order chi connectivity index (χ1) is 13.0. The van der Waals surface area contributed by atoms with Crippen LogP contribution in [0.2, 0.25) is 0 Å². The van der Waals surface area contributed by atoms with E-state index < -0.39 is 5.82 Å². The van der Waals surface area contributed by atoms with Crippen LogP contribution in [0.5, 0.6) is 0 Å². The zero-order valence-corrected chi connectivity index (χ0v) is 15.1. The minimum absolute atomic E-state index is 0.170. The number of carbonyl (C=O) groups excluding carboxylic acids is 1. The summed E-state index contributed by atoms with van der Waals surface area (Å²) in [6, 6.07) is 14.6. The Balaban J connectivity index is 1.54. The number of para-hydroxylation sites is 1. The third-order valence-electron chi connectivity index (χ3n) is 4.64. The monoisotopic (exact) mass is 362 g/mol. The molecule has 0 aliphatic heterocycles. The van der Waals surface area contributed by atoms with Crippen LogP contribution < -0.4 is 5.32 Å². The lowest BCUT2D eigenvalue weighted by Crippen LogP contribution is -2.19. The molecule has 0 saturated heterocycles. The number of fused-ring (bicyclic) bond motifs is 1. The quantitative estimate of drug-likeness (QED) is 0.591. The van der Waals surface area contributed by atoms with Crippen LogP contribution in [0.3, 0.4) is 0 Å². The molecule has 0 radical (unpaired) electrons. The van der Waals surface area contributed by atoms with Crippen molar-refractivity contribution in [2.24, 2.45) is 0 Å². The first kappa shape index (κ1) is 17.0. The summed E-state index contributed by atoms with van der Waals surface area (Å²) in [5, 5.41) is 3.87. The number of carbonyl (C=O) groups is 1. The summed E-state index contributed by atoms with van der Waals surface area (Å²) >= 11 is 0. The SMILES string of the molecule is Cc1nccn1-c1ccc(NC(=O)Cn2c(C)cc3ccccc32)cc1F. The summed E-state index contributed by atoms with van der Waals surface area (Å²) in [4.78, 5) is 16.6. The fourth-order valence-corrected chi connectivity index (χ4v) is 3.31. The van der Waals surface area contributed by atoms with Gasteiger partial charge in [-0.15, -0.1) is 0 Å². The number of benzene rings is 2. The fraction of sp³-hybridized carbons (Fsp3) is 0.143. The average molecular weight is 362 g/mol. The van der Waals surface area contributed by atoms with Gasteiger partial charge in [0, 0.05) is 29.3 Å².